The van der Waals surface area contributed by atoms with Crippen LogP contribution >= 0.6 is 15.9 Å². The Hall–Kier alpha value is -1.81. The fraction of sp³-hybridized carbons (Fsp3) is 0.133. The van der Waals surface area contributed by atoms with Gasteiger partial charge in [-0.1, -0.05) is 36.4 Å². The van der Waals surface area contributed by atoms with Crippen LogP contribution in [0.25, 0.3) is 0 Å². The molecule has 0 spiro atoms. The molecule has 0 radical (unpaired) electrons. The van der Waals surface area contributed by atoms with E-state index in [2.05, 4.69) is 21.2 Å². The van der Waals surface area contributed by atoms with E-state index in [9.17, 15) is 4.79 Å². The molecule has 0 aliphatic carbocycles. The zero-order valence-corrected chi connectivity index (χ0v) is 12.1. The molecule has 0 saturated carbocycles. The summed E-state index contributed by atoms with van der Waals surface area (Å²) in [6, 6.07) is 15.2. The second-order valence-corrected chi connectivity index (χ2v) is 4.84. The number of hydrogen-bond donors (Lipinski definition) is 1. The number of nitrogens with one attached hydrogen (secondary N) is 1. The van der Waals surface area contributed by atoms with E-state index in [0.717, 1.165) is 10.0 Å². The van der Waals surface area contributed by atoms with Crippen LogP contribution in [0.2, 0.25) is 0 Å². The highest BCUT2D eigenvalue weighted by molar-refractivity contribution is 9.10. The number of carbonyl (C=O) groups excluding carboxylic acids is 1. The minimum absolute atomic E-state index is 0.151. The summed E-state index contributed by atoms with van der Waals surface area (Å²) in [7, 11) is 1.55. The van der Waals surface area contributed by atoms with E-state index in [-0.39, 0.29) is 5.91 Å². The quantitative estimate of drug-likeness (QED) is 0.938. The highest BCUT2D eigenvalue weighted by Gasteiger charge is 2.13. The summed E-state index contributed by atoms with van der Waals surface area (Å²) in [4.78, 5) is 12.1. The van der Waals surface area contributed by atoms with Crippen LogP contribution in [0.5, 0.6) is 5.75 Å². The lowest BCUT2D eigenvalue weighted by molar-refractivity contribution is 0.0947. The van der Waals surface area contributed by atoms with Gasteiger partial charge in [-0.3, -0.25) is 4.79 Å². The third-order valence-corrected chi connectivity index (χ3v) is 3.34. The smallest absolute Gasteiger partial charge is 0.255 e. The van der Waals surface area contributed by atoms with E-state index in [1.165, 1.54) is 0 Å². The largest absolute Gasteiger partial charge is 0.495 e. The Balaban J connectivity index is 2.10. The maximum absolute atomic E-state index is 12.1. The Kier molecular flexibility index (Phi) is 4.58. The summed E-state index contributed by atoms with van der Waals surface area (Å²) in [6.45, 7) is 0.495. The molecule has 0 atom stereocenters. The predicted molar refractivity (Wildman–Crippen MR) is 78.3 cm³/mol. The summed E-state index contributed by atoms with van der Waals surface area (Å²) >= 11 is 3.37. The molecule has 0 saturated heterocycles. The summed E-state index contributed by atoms with van der Waals surface area (Å²) in [5.41, 5.74) is 1.58. The number of ether oxygens (including phenoxy) is 1. The zero-order valence-electron chi connectivity index (χ0n) is 10.5. The van der Waals surface area contributed by atoms with E-state index >= 15 is 0 Å². The van der Waals surface area contributed by atoms with E-state index in [0.29, 0.717) is 17.9 Å². The van der Waals surface area contributed by atoms with Gasteiger partial charge in [-0.05, 0) is 33.6 Å². The molecule has 2 aromatic carbocycles. The Morgan fingerprint density at radius 3 is 2.58 bits per heavy atom. The van der Waals surface area contributed by atoms with Crippen molar-refractivity contribution in [3.8, 4) is 5.75 Å². The van der Waals surface area contributed by atoms with Crippen LogP contribution in [0.3, 0.4) is 0 Å². The Morgan fingerprint density at radius 2 is 1.89 bits per heavy atom. The lowest BCUT2D eigenvalue weighted by Crippen LogP contribution is -2.23. The molecule has 0 fully saturated rings. The number of halogens is 1. The van der Waals surface area contributed by atoms with Gasteiger partial charge in [0.25, 0.3) is 5.91 Å². The highest BCUT2D eigenvalue weighted by Crippen LogP contribution is 2.28. The van der Waals surface area contributed by atoms with Crippen molar-refractivity contribution in [1.82, 2.24) is 5.32 Å². The molecule has 98 valence electrons. The Morgan fingerprint density at radius 1 is 1.16 bits per heavy atom. The molecule has 2 rings (SSSR count). The third-order valence-electron chi connectivity index (χ3n) is 2.71. The van der Waals surface area contributed by atoms with Crippen molar-refractivity contribution >= 4 is 21.8 Å². The van der Waals surface area contributed by atoms with Crippen LogP contribution in [-0.2, 0) is 6.54 Å². The number of benzene rings is 2. The molecule has 4 heteroatoms. The van der Waals surface area contributed by atoms with Crippen molar-refractivity contribution in [2.45, 2.75) is 6.54 Å². The lowest BCUT2D eigenvalue weighted by atomic mass is 10.1. The molecule has 0 aliphatic heterocycles. The zero-order chi connectivity index (χ0) is 13.7. The topological polar surface area (TPSA) is 38.3 Å². The van der Waals surface area contributed by atoms with Gasteiger partial charge >= 0.3 is 0 Å². The molecule has 2 aromatic rings. The first kappa shape index (κ1) is 13.6. The summed E-state index contributed by atoms with van der Waals surface area (Å²) in [5, 5.41) is 2.88. The van der Waals surface area contributed by atoms with Crippen LogP contribution in [0, 0.1) is 0 Å². The van der Waals surface area contributed by atoms with Gasteiger partial charge in [0.05, 0.1) is 17.1 Å². The van der Waals surface area contributed by atoms with Crippen molar-refractivity contribution in [3.63, 3.8) is 0 Å². The van der Waals surface area contributed by atoms with Crippen LogP contribution in [0.15, 0.2) is 53.0 Å². The maximum Gasteiger partial charge on any atom is 0.255 e. The molecule has 1 amide bonds. The van der Waals surface area contributed by atoms with Crippen molar-refractivity contribution < 1.29 is 9.53 Å². The second-order valence-electron chi connectivity index (χ2n) is 3.99. The second kappa shape index (κ2) is 6.38. The molecule has 1 N–H and O–H groups in total. The monoisotopic (exact) mass is 319 g/mol. The normalized spacial score (nSPS) is 10.0. The Labute approximate surface area is 120 Å². The van der Waals surface area contributed by atoms with Crippen LogP contribution in [-0.4, -0.2) is 13.0 Å². The molecule has 0 heterocycles. The SMILES string of the molecule is COc1c(Br)cccc1C(=O)NCc1ccccc1. The summed E-state index contributed by atoms with van der Waals surface area (Å²) < 4.78 is 6.01. The minimum Gasteiger partial charge on any atom is -0.495 e. The van der Waals surface area contributed by atoms with E-state index in [1.807, 2.05) is 42.5 Å². The maximum atomic E-state index is 12.1. The van der Waals surface area contributed by atoms with E-state index < -0.39 is 0 Å². The minimum atomic E-state index is -0.151. The van der Waals surface area contributed by atoms with Gasteiger partial charge < -0.3 is 10.1 Å². The van der Waals surface area contributed by atoms with Crippen molar-refractivity contribution in [3.05, 3.63) is 64.1 Å². The van der Waals surface area contributed by atoms with Crippen molar-refractivity contribution in [1.29, 1.82) is 0 Å². The van der Waals surface area contributed by atoms with E-state index in [1.54, 1.807) is 13.2 Å². The molecule has 19 heavy (non-hydrogen) atoms. The molecular weight excluding hydrogens is 306 g/mol. The van der Waals surface area contributed by atoms with Gasteiger partial charge in [0.1, 0.15) is 5.75 Å². The predicted octanol–water partition coefficient (Wildman–Crippen LogP) is 3.39. The Bertz CT molecular complexity index is 570. The van der Waals surface area contributed by atoms with Gasteiger partial charge in [0, 0.05) is 6.54 Å². The lowest BCUT2D eigenvalue weighted by Gasteiger charge is -2.10. The van der Waals surface area contributed by atoms with Gasteiger partial charge in [0.15, 0.2) is 0 Å². The molecule has 0 aromatic heterocycles. The van der Waals surface area contributed by atoms with E-state index in [4.69, 9.17) is 4.74 Å². The fourth-order valence-electron chi connectivity index (χ4n) is 1.77. The van der Waals surface area contributed by atoms with Crippen molar-refractivity contribution in [2.24, 2.45) is 0 Å². The first-order valence-corrected chi connectivity index (χ1v) is 6.66. The molecule has 0 aliphatic rings. The number of rotatable bonds is 4. The van der Waals surface area contributed by atoms with Crippen molar-refractivity contribution in [2.75, 3.05) is 7.11 Å². The number of amides is 1. The average molecular weight is 320 g/mol. The standard InChI is InChI=1S/C15H14BrNO2/c1-19-14-12(8-5-9-13(14)16)15(18)17-10-11-6-3-2-4-7-11/h2-9H,10H2,1H3,(H,17,18). The van der Waals surface area contributed by atoms with Gasteiger partial charge in [0.2, 0.25) is 0 Å². The summed E-state index contributed by atoms with van der Waals surface area (Å²) in [5.74, 6) is 0.398. The molecular formula is C15H14BrNO2. The average Bonchev–Trinajstić information content (AvgIpc) is 2.45. The van der Waals surface area contributed by atoms with Crippen LogP contribution < -0.4 is 10.1 Å². The van der Waals surface area contributed by atoms with Gasteiger partial charge in [-0.2, -0.15) is 0 Å². The number of carbonyl (C=O) groups is 1. The number of hydrogen-bond acceptors (Lipinski definition) is 2. The summed E-state index contributed by atoms with van der Waals surface area (Å²) in [6.07, 6.45) is 0. The number of para-hydroxylation sites is 1. The first-order chi connectivity index (χ1) is 9.22. The molecule has 3 nitrogen and oxygen atoms in total. The third kappa shape index (κ3) is 3.35. The van der Waals surface area contributed by atoms with Gasteiger partial charge in [-0.25, -0.2) is 0 Å². The van der Waals surface area contributed by atoms with Crippen LogP contribution in [0.4, 0.5) is 0 Å². The fourth-order valence-corrected chi connectivity index (χ4v) is 2.30. The number of methoxy groups -OCH3 is 1. The highest BCUT2D eigenvalue weighted by atomic mass is 79.9. The molecule has 0 bridgehead atoms. The molecule has 0 unspecified atom stereocenters. The first-order valence-electron chi connectivity index (χ1n) is 5.87. The van der Waals surface area contributed by atoms with Crippen LogP contribution in [0.1, 0.15) is 15.9 Å². The van der Waals surface area contributed by atoms with Gasteiger partial charge in [-0.15, -0.1) is 0 Å².